The second kappa shape index (κ2) is 10.7. The van der Waals surface area contributed by atoms with E-state index in [2.05, 4.69) is 32.2 Å². The Morgan fingerprint density at radius 2 is 2.00 bits per heavy atom. The van der Waals surface area contributed by atoms with Gasteiger partial charge in [-0.25, -0.2) is 4.98 Å². The highest BCUT2D eigenvalue weighted by Gasteiger charge is 2.27. The molecule has 1 aromatic carbocycles. The summed E-state index contributed by atoms with van der Waals surface area (Å²) in [6.07, 6.45) is 1.23. The van der Waals surface area contributed by atoms with Crippen LogP contribution in [0, 0.1) is 6.92 Å². The van der Waals surface area contributed by atoms with Gasteiger partial charge in [0.25, 0.3) is 5.56 Å². The van der Waals surface area contributed by atoms with Gasteiger partial charge in [0.2, 0.25) is 6.41 Å². The van der Waals surface area contributed by atoms with Crippen molar-refractivity contribution < 1.29 is 14.3 Å². The van der Waals surface area contributed by atoms with E-state index >= 15 is 0 Å². The van der Waals surface area contributed by atoms with Gasteiger partial charge in [-0.3, -0.25) is 14.6 Å². The zero-order valence-corrected chi connectivity index (χ0v) is 19.8. The van der Waals surface area contributed by atoms with Crippen LogP contribution in [0.1, 0.15) is 23.9 Å². The van der Waals surface area contributed by atoms with Gasteiger partial charge in [0.05, 0.1) is 26.0 Å². The quantitative estimate of drug-likeness (QED) is 0.389. The molecule has 1 aliphatic rings. The summed E-state index contributed by atoms with van der Waals surface area (Å²) in [5, 5.41) is 5.76. The van der Waals surface area contributed by atoms with E-state index in [1.165, 1.54) is 0 Å². The first-order chi connectivity index (χ1) is 16.3. The second-order valence-electron chi connectivity index (χ2n) is 7.82. The van der Waals surface area contributed by atoms with E-state index in [0.29, 0.717) is 47.8 Å². The standard InChI is InChI=1S/C24H30N6O4/c1-13-14(2)28-22(25)20(17(13)11-26-12-31)21-15(3)29-24(32)23(30-21)27-9-8-16-6-7-18(33-4)19(10-16)34-5/h6-7,10,12,14H,1,8-9,11H2,2-5H3,(H2,25,28)(H,26,31)(H,27,30)(H,29,32). The van der Waals surface area contributed by atoms with Crippen molar-refractivity contribution in [3.8, 4) is 11.5 Å². The molecular formula is C24H30N6O4. The minimum Gasteiger partial charge on any atom is -0.493 e. The number of methoxy groups -OCH3 is 2. The van der Waals surface area contributed by atoms with E-state index in [9.17, 15) is 9.59 Å². The maximum Gasteiger partial charge on any atom is 0.290 e. The number of carbonyl (C=O) groups excluding carboxylic acids is 1. The van der Waals surface area contributed by atoms with Crippen LogP contribution in [0.15, 0.2) is 45.7 Å². The highest BCUT2D eigenvalue weighted by Crippen LogP contribution is 2.31. The van der Waals surface area contributed by atoms with E-state index in [0.717, 1.165) is 16.7 Å². The smallest absolute Gasteiger partial charge is 0.290 e. The van der Waals surface area contributed by atoms with Gasteiger partial charge in [0, 0.05) is 24.4 Å². The first kappa shape index (κ1) is 24.6. The monoisotopic (exact) mass is 466 g/mol. The number of rotatable bonds is 10. The third-order valence-corrected chi connectivity index (χ3v) is 5.63. The first-order valence-corrected chi connectivity index (χ1v) is 10.8. The third-order valence-electron chi connectivity index (χ3n) is 5.63. The Morgan fingerprint density at radius 3 is 2.68 bits per heavy atom. The Labute approximate surface area is 198 Å². The molecule has 180 valence electrons. The van der Waals surface area contributed by atoms with Gasteiger partial charge < -0.3 is 30.8 Å². The van der Waals surface area contributed by atoms with E-state index in [4.69, 9.17) is 15.2 Å². The maximum absolute atomic E-state index is 12.6. The highest BCUT2D eigenvalue weighted by molar-refractivity contribution is 6.24. The van der Waals surface area contributed by atoms with Gasteiger partial charge in [-0.05, 0) is 49.1 Å². The predicted octanol–water partition coefficient (Wildman–Crippen LogP) is 1.57. The number of aryl methyl sites for hydroxylation is 1. The van der Waals surface area contributed by atoms with Gasteiger partial charge in [-0.2, -0.15) is 0 Å². The molecule has 34 heavy (non-hydrogen) atoms. The SMILES string of the molecule is C=C1C(CNC=O)=C(c2nc(NCCc3ccc(OC)c(OC)c3)c(=O)[nH]c2C)C(N)=NC1C. The summed E-state index contributed by atoms with van der Waals surface area (Å²) in [4.78, 5) is 35.4. The number of aliphatic imine (C=N–C) groups is 1. The van der Waals surface area contributed by atoms with Gasteiger partial charge in [0.1, 0.15) is 5.84 Å². The van der Waals surface area contributed by atoms with Crippen LogP contribution < -0.4 is 31.4 Å². The summed E-state index contributed by atoms with van der Waals surface area (Å²) in [5.41, 5.74) is 9.95. The lowest BCUT2D eigenvalue weighted by atomic mass is 9.90. The molecule has 0 radical (unpaired) electrons. The largest absolute Gasteiger partial charge is 0.493 e. The molecule has 0 fully saturated rings. The maximum atomic E-state index is 12.6. The van der Waals surface area contributed by atoms with E-state index in [1.807, 2.05) is 25.1 Å². The molecule has 1 atom stereocenters. The number of amides is 1. The second-order valence-corrected chi connectivity index (χ2v) is 7.82. The normalized spacial score (nSPS) is 15.6. The van der Waals surface area contributed by atoms with Crippen LogP contribution in [0.4, 0.5) is 5.82 Å². The van der Waals surface area contributed by atoms with Crippen LogP contribution >= 0.6 is 0 Å². The predicted molar refractivity (Wildman–Crippen MR) is 133 cm³/mol. The summed E-state index contributed by atoms with van der Waals surface area (Å²) in [7, 11) is 3.17. The molecule has 2 aromatic rings. The fourth-order valence-corrected chi connectivity index (χ4v) is 3.79. The number of nitrogens with one attached hydrogen (secondary N) is 3. The molecule has 0 saturated heterocycles. The number of nitrogens with two attached hydrogens (primary N) is 1. The van der Waals surface area contributed by atoms with Crippen molar-refractivity contribution in [1.29, 1.82) is 0 Å². The summed E-state index contributed by atoms with van der Waals surface area (Å²) in [6.45, 7) is 8.40. The molecule has 0 saturated carbocycles. The Morgan fingerprint density at radius 1 is 1.26 bits per heavy atom. The van der Waals surface area contributed by atoms with Gasteiger partial charge >= 0.3 is 0 Å². The van der Waals surface area contributed by atoms with Gasteiger partial charge in [-0.1, -0.05) is 12.6 Å². The minimum absolute atomic E-state index is 0.160. The molecule has 0 bridgehead atoms. The van der Waals surface area contributed by atoms with Crippen molar-refractivity contribution in [2.75, 3.05) is 32.6 Å². The zero-order chi connectivity index (χ0) is 24.8. The molecule has 2 heterocycles. The Balaban J connectivity index is 1.89. The molecule has 1 amide bonds. The molecule has 5 N–H and O–H groups in total. The van der Waals surface area contributed by atoms with E-state index < -0.39 is 0 Å². The lowest BCUT2D eigenvalue weighted by molar-refractivity contribution is -0.109. The fourth-order valence-electron chi connectivity index (χ4n) is 3.79. The van der Waals surface area contributed by atoms with Crippen molar-refractivity contribution in [2.24, 2.45) is 10.7 Å². The van der Waals surface area contributed by atoms with Crippen LogP contribution in [-0.4, -0.2) is 55.6 Å². The van der Waals surface area contributed by atoms with Crippen LogP contribution in [0.5, 0.6) is 11.5 Å². The lowest BCUT2D eigenvalue weighted by Crippen LogP contribution is -2.31. The molecule has 1 unspecified atom stereocenters. The molecule has 10 heteroatoms. The lowest BCUT2D eigenvalue weighted by Gasteiger charge is -2.25. The number of ether oxygens (including phenoxy) is 2. The number of benzene rings is 1. The van der Waals surface area contributed by atoms with Crippen LogP contribution in [0.25, 0.3) is 5.57 Å². The third kappa shape index (κ3) is 5.11. The molecule has 3 rings (SSSR count). The van der Waals surface area contributed by atoms with Crippen molar-refractivity contribution in [3.63, 3.8) is 0 Å². The van der Waals surface area contributed by atoms with Crippen molar-refractivity contribution in [2.45, 2.75) is 26.3 Å². The number of aromatic amines is 1. The van der Waals surface area contributed by atoms with Gasteiger partial charge in [-0.15, -0.1) is 0 Å². The fraction of sp³-hybridized carbons (Fsp3) is 0.333. The number of H-pyrrole nitrogens is 1. The number of amidine groups is 1. The molecule has 0 spiro atoms. The Bertz CT molecular complexity index is 1210. The first-order valence-electron chi connectivity index (χ1n) is 10.8. The number of hydrogen-bond donors (Lipinski definition) is 4. The van der Waals surface area contributed by atoms with Gasteiger partial charge in [0.15, 0.2) is 17.3 Å². The topological polar surface area (TPSA) is 144 Å². The van der Waals surface area contributed by atoms with Crippen molar-refractivity contribution >= 4 is 23.6 Å². The number of nitrogens with zero attached hydrogens (tertiary/aromatic N) is 2. The average Bonchev–Trinajstić information content (AvgIpc) is 2.82. The molecule has 0 aliphatic carbocycles. The summed E-state index contributed by atoms with van der Waals surface area (Å²) in [6, 6.07) is 5.44. The highest BCUT2D eigenvalue weighted by atomic mass is 16.5. The number of dihydropyridines is 1. The number of hydrogen-bond acceptors (Lipinski definition) is 8. The minimum atomic E-state index is -0.347. The Hall–Kier alpha value is -4.08. The average molecular weight is 467 g/mol. The van der Waals surface area contributed by atoms with E-state index in [-0.39, 0.29) is 29.8 Å². The summed E-state index contributed by atoms with van der Waals surface area (Å²) < 4.78 is 10.6. The van der Waals surface area contributed by atoms with Crippen LogP contribution in [0.3, 0.4) is 0 Å². The number of aromatic nitrogens is 2. The molecule has 1 aliphatic heterocycles. The molecule has 1 aromatic heterocycles. The van der Waals surface area contributed by atoms with Crippen LogP contribution in [-0.2, 0) is 11.2 Å². The Kier molecular flexibility index (Phi) is 7.72. The van der Waals surface area contributed by atoms with Crippen molar-refractivity contribution in [1.82, 2.24) is 15.3 Å². The summed E-state index contributed by atoms with van der Waals surface area (Å²) in [5.74, 6) is 1.73. The molecule has 10 nitrogen and oxygen atoms in total. The number of carbonyl (C=O) groups is 1. The molecular weight excluding hydrogens is 436 g/mol. The number of anilines is 1. The van der Waals surface area contributed by atoms with Crippen molar-refractivity contribution in [3.05, 3.63) is 63.2 Å². The van der Waals surface area contributed by atoms with Crippen LogP contribution in [0.2, 0.25) is 0 Å². The zero-order valence-electron chi connectivity index (χ0n) is 19.8. The summed E-state index contributed by atoms with van der Waals surface area (Å²) >= 11 is 0. The van der Waals surface area contributed by atoms with E-state index in [1.54, 1.807) is 21.1 Å².